The van der Waals surface area contributed by atoms with Crippen LogP contribution in [0.25, 0.3) is 0 Å². The molecule has 0 radical (unpaired) electrons. The summed E-state index contributed by atoms with van der Waals surface area (Å²) in [6.45, 7) is 5.51. The maximum atomic E-state index is 11.2. The van der Waals surface area contributed by atoms with Crippen LogP contribution in [-0.4, -0.2) is 19.2 Å². The Kier molecular flexibility index (Phi) is 3.95. The Hall–Kier alpha value is -1.75. The van der Waals surface area contributed by atoms with Crippen molar-refractivity contribution in [2.24, 2.45) is 5.84 Å². The zero-order chi connectivity index (χ0) is 13.9. The molecular weight excluding hydrogens is 242 g/mol. The molecule has 104 valence electrons. The van der Waals surface area contributed by atoms with Crippen LogP contribution in [0.5, 0.6) is 5.75 Å². The maximum Gasteiger partial charge on any atom is 0.328 e. The fourth-order valence-corrected chi connectivity index (χ4v) is 2.24. The number of nitrogens with two attached hydrogens (primary N) is 1. The van der Waals surface area contributed by atoms with E-state index in [0.717, 1.165) is 25.2 Å². The summed E-state index contributed by atoms with van der Waals surface area (Å²) in [5, 5.41) is 2.74. The van der Waals surface area contributed by atoms with Gasteiger partial charge in [0.2, 0.25) is 0 Å². The summed E-state index contributed by atoms with van der Waals surface area (Å²) in [6.07, 6.45) is 2.11. The van der Waals surface area contributed by atoms with Crippen molar-refractivity contribution < 1.29 is 9.53 Å². The summed E-state index contributed by atoms with van der Waals surface area (Å²) in [7, 11) is 0. The van der Waals surface area contributed by atoms with Gasteiger partial charge in [0.25, 0.3) is 0 Å². The number of urea groups is 1. The Morgan fingerprint density at radius 1 is 1.47 bits per heavy atom. The van der Waals surface area contributed by atoms with Gasteiger partial charge in [-0.1, -0.05) is 26.0 Å². The predicted octanol–water partition coefficient (Wildman–Crippen LogP) is 1.46. The molecule has 0 aliphatic carbocycles. The molecule has 2 rings (SSSR count). The fraction of sp³-hybridized carbons (Fsp3) is 0.500. The highest BCUT2D eigenvalue weighted by Gasteiger charge is 2.23. The molecule has 1 heterocycles. The van der Waals surface area contributed by atoms with Crippen LogP contribution in [0.4, 0.5) is 4.79 Å². The van der Waals surface area contributed by atoms with Crippen LogP contribution < -0.4 is 21.3 Å². The van der Waals surface area contributed by atoms with E-state index in [9.17, 15) is 4.79 Å². The van der Waals surface area contributed by atoms with Crippen LogP contribution in [0.2, 0.25) is 0 Å². The molecule has 0 saturated heterocycles. The lowest BCUT2D eigenvalue weighted by Crippen LogP contribution is -2.44. The van der Waals surface area contributed by atoms with Crippen LogP contribution in [0, 0.1) is 0 Å². The Labute approximate surface area is 113 Å². The van der Waals surface area contributed by atoms with E-state index in [1.54, 1.807) is 0 Å². The Balaban J connectivity index is 2.13. The van der Waals surface area contributed by atoms with Crippen molar-refractivity contribution in [3.8, 4) is 5.75 Å². The second-order valence-electron chi connectivity index (χ2n) is 5.49. The lowest BCUT2D eigenvalue weighted by atomic mass is 9.83. The predicted molar refractivity (Wildman–Crippen MR) is 74.0 cm³/mol. The summed E-state index contributed by atoms with van der Waals surface area (Å²) in [5.74, 6) is 6.04. The van der Waals surface area contributed by atoms with Gasteiger partial charge in [-0.25, -0.2) is 10.6 Å². The molecule has 5 heteroatoms. The van der Waals surface area contributed by atoms with E-state index in [2.05, 4.69) is 36.7 Å². The summed E-state index contributed by atoms with van der Waals surface area (Å²) in [6, 6.07) is 5.89. The summed E-state index contributed by atoms with van der Waals surface area (Å²) >= 11 is 0. The Bertz CT molecular complexity index is 472. The molecule has 0 fully saturated rings. The van der Waals surface area contributed by atoms with Gasteiger partial charge in [0, 0.05) is 12.0 Å². The lowest BCUT2D eigenvalue weighted by molar-refractivity contribution is 0.238. The van der Waals surface area contributed by atoms with Crippen molar-refractivity contribution >= 4 is 6.03 Å². The zero-order valence-corrected chi connectivity index (χ0v) is 11.5. The molecular formula is C14H21N3O2. The molecule has 1 aromatic carbocycles. The van der Waals surface area contributed by atoms with Gasteiger partial charge in [0.15, 0.2) is 0 Å². The van der Waals surface area contributed by atoms with Crippen LogP contribution >= 0.6 is 0 Å². The van der Waals surface area contributed by atoms with Crippen LogP contribution in [0.3, 0.4) is 0 Å². The molecule has 0 spiro atoms. The highest BCUT2D eigenvalue weighted by Crippen LogP contribution is 2.30. The molecule has 0 saturated carbocycles. The van der Waals surface area contributed by atoms with Crippen molar-refractivity contribution in [3.05, 3.63) is 29.3 Å². The number of amides is 2. The number of hydrogen-bond acceptors (Lipinski definition) is 3. The first-order valence-electron chi connectivity index (χ1n) is 6.53. The largest absolute Gasteiger partial charge is 0.493 e. The Morgan fingerprint density at radius 2 is 2.26 bits per heavy atom. The number of aryl methyl sites for hydroxylation is 1. The van der Waals surface area contributed by atoms with Crippen molar-refractivity contribution in [3.63, 3.8) is 0 Å². The average Bonchev–Trinajstić information content (AvgIpc) is 2.44. The van der Waals surface area contributed by atoms with Gasteiger partial charge in [-0.2, -0.15) is 0 Å². The van der Waals surface area contributed by atoms with E-state index in [4.69, 9.17) is 10.6 Å². The van der Waals surface area contributed by atoms with E-state index in [1.165, 1.54) is 11.1 Å². The van der Waals surface area contributed by atoms with E-state index in [-0.39, 0.29) is 11.4 Å². The normalized spacial score (nSPS) is 14.3. The monoisotopic (exact) mass is 263 g/mol. The van der Waals surface area contributed by atoms with Crippen molar-refractivity contribution in [1.29, 1.82) is 0 Å². The number of hydrogen-bond donors (Lipinski definition) is 3. The molecule has 0 atom stereocenters. The second-order valence-corrected chi connectivity index (χ2v) is 5.49. The number of carbonyl (C=O) groups is 1. The van der Waals surface area contributed by atoms with Gasteiger partial charge < -0.3 is 10.1 Å². The first kappa shape index (κ1) is 13.7. The van der Waals surface area contributed by atoms with Gasteiger partial charge >= 0.3 is 6.03 Å². The third kappa shape index (κ3) is 3.17. The van der Waals surface area contributed by atoms with Gasteiger partial charge in [-0.15, -0.1) is 0 Å². The standard InChI is InChI=1S/C14H21N3O2/c1-14(2,9-16-13(18)17-15)11-5-6-12-10(8-11)4-3-7-19-12/h5-6,8H,3-4,7,9,15H2,1-2H3,(H2,16,17,18). The molecule has 2 amide bonds. The van der Waals surface area contributed by atoms with Crippen molar-refractivity contribution in [1.82, 2.24) is 10.7 Å². The number of fused-ring (bicyclic) bond motifs is 1. The summed E-state index contributed by atoms with van der Waals surface area (Å²) in [5.41, 5.74) is 4.35. The number of hydrazine groups is 1. The maximum absolute atomic E-state index is 11.2. The molecule has 0 bridgehead atoms. The van der Waals surface area contributed by atoms with E-state index in [1.807, 2.05) is 6.07 Å². The third-order valence-corrected chi connectivity index (χ3v) is 3.51. The van der Waals surface area contributed by atoms with Crippen molar-refractivity contribution in [2.45, 2.75) is 32.1 Å². The molecule has 1 aromatic rings. The van der Waals surface area contributed by atoms with Gasteiger partial charge in [0.05, 0.1) is 6.61 Å². The van der Waals surface area contributed by atoms with Gasteiger partial charge in [-0.3, -0.25) is 5.43 Å². The molecule has 19 heavy (non-hydrogen) atoms. The van der Waals surface area contributed by atoms with E-state index < -0.39 is 0 Å². The molecule has 4 N–H and O–H groups in total. The number of ether oxygens (including phenoxy) is 1. The highest BCUT2D eigenvalue weighted by molar-refractivity contribution is 5.73. The SMILES string of the molecule is CC(C)(CNC(=O)NN)c1ccc2c(c1)CCCO2. The minimum Gasteiger partial charge on any atom is -0.493 e. The fourth-order valence-electron chi connectivity index (χ4n) is 2.24. The van der Waals surface area contributed by atoms with Crippen molar-refractivity contribution in [2.75, 3.05) is 13.2 Å². The number of nitrogens with one attached hydrogen (secondary N) is 2. The van der Waals surface area contributed by atoms with Gasteiger partial charge in [-0.05, 0) is 30.0 Å². The number of rotatable bonds is 3. The summed E-state index contributed by atoms with van der Waals surface area (Å²) in [4.78, 5) is 11.2. The van der Waals surface area contributed by atoms with E-state index >= 15 is 0 Å². The van der Waals surface area contributed by atoms with Crippen LogP contribution in [0.1, 0.15) is 31.4 Å². The molecule has 1 aliphatic rings. The minimum absolute atomic E-state index is 0.154. The van der Waals surface area contributed by atoms with Crippen LogP contribution in [-0.2, 0) is 11.8 Å². The first-order chi connectivity index (χ1) is 9.03. The third-order valence-electron chi connectivity index (χ3n) is 3.51. The first-order valence-corrected chi connectivity index (χ1v) is 6.53. The molecule has 0 aromatic heterocycles. The van der Waals surface area contributed by atoms with Crippen LogP contribution in [0.15, 0.2) is 18.2 Å². The van der Waals surface area contributed by atoms with Gasteiger partial charge in [0.1, 0.15) is 5.75 Å². The lowest BCUT2D eigenvalue weighted by Gasteiger charge is -2.27. The minimum atomic E-state index is -0.366. The highest BCUT2D eigenvalue weighted by atomic mass is 16.5. The average molecular weight is 263 g/mol. The Morgan fingerprint density at radius 3 is 3.00 bits per heavy atom. The van der Waals surface area contributed by atoms with E-state index in [0.29, 0.717) is 6.54 Å². The number of benzene rings is 1. The molecule has 1 aliphatic heterocycles. The zero-order valence-electron chi connectivity index (χ0n) is 11.5. The number of carbonyl (C=O) groups excluding carboxylic acids is 1. The molecule has 0 unspecified atom stereocenters. The second kappa shape index (κ2) is 5.48. The smallest absolute Gasteiger partial charge is 0.328 e. The summed E-state index contributed by atoms with van der Waals surface area (Å²) < 4.78 is 5.61. The topological polar surface area (TPSA) is 76.4 Å². The quantitative estimate of drug-likeness (QED) is 0.439. The molecule has 5 nitrogen and oxygen atoms in total.